The van der Waals surface area contributed by atoms with Gasteiger partial charge < -0.3 is 10.2 Å². The van der Waals surface area contributed by atoms with Gasteiger partial charge in [0.2, 0.25) is 0 Å². The number of likely N-dealkylation sites (N-methyl/N-ethyl adjacent to an activating group) is 1. The lowest BCUT2D eigenvalue weighted by Gasteiger charge is -2.16. The molecule has 1 N–H and O–H groups in total. The molecule has 0 aliphatic rings. The van der Waals surface area contributed by atoms with Crippen LogP contribution in [0.15, 0.2) is 24.5 Å². The molecule has 0 spiro atoms. The van der Waals surface area contributed by atoms with Crippen LogP contribution in [0.4, 0.5) is 0 Å². The zero-order valence-corrected chi connectivity index (χ0v) is 12.7. The number of hydrogen-bond acceptors (Lipinski definition) is 3. The lowest BCUT2D eigenvalue weighted by molar-refractivity contribution is 0.328. The summed E-state index contributed by atoms with van der Waals surface area (Å²) in [4.78, 5) is 6.46. The van der Waals surface area contributed by atoms with Gasteiger partial charge in [0, 0.05) is 18.9 Å². The summed E-state index contributed by atoms with van der Waals surface area (Å²) < 4.78 is 0. The fraction of sp³-hybridized carbons (Fsp3) is 0.688. The summed E-state index contributed by atoms with van der Waals surface area (Å²) in [5.74, 6) is 0.753. The molecular weight excluding hydrogens is 234 g/mol. The van der Waals surface area contributed by atoms with E-state index in [2.05, 4.69) is 48.2 Å². The Hall–Kier alpha value is -0.930. The molecule has 3 nitrogen and oxygen atoms in total. The van der Waals surface area contributed by atoms with Crippen LogP contribution in [0.25, 0.3) is 0 Å². The van der Waals surface area contributed by atoms with E-state index in [-0.39, 0.29) is 0 Å². The highest BCUT2D eigenvalue weighted by Crippen LogP contribution is 2.00. The van der Waals surface area contributed by atoms with E-state index >= 15 is 0 Å². The molecule has 3 heteroatoms. The largest absolute Gasteiger partial charge is 0.316 e. The molecule has 108 valence electrons. The summed E-state index contributed by atoms with van der Waals surface area (Å²) in [6.45, 7) is 9.10. The predicted molar refractivity (Wildman–Crippen MR) is 82.4 cm³/mol. The highest BCUT2D eigenvalue weighted by atomic mass is 15.1. The van der Waals surface area contributed by atoms with Crippen LogP contribution in [0, 0.1) is 5.92 Å². The van der Waals surface area contributed by atoms with Crippen LogP contribution in [0.5, 0.6) is 0 Å². The van der Waals surface area contributed by atoms with Crippen molar-refractivity contribution in [3.8, 4) is 0 Å². The number of aromatic nitrogens is 1. The lowest BCUT2D eigenvalue weighted by Crippen LogP contribution is -2.24. The zero-order chi connectivity index (χ0) is 13.9. The van der Waals surface area contributed by atoms with Gasteiger partial charge in [-0.25, -0.2) is 0 Å². The minimum atomic E-state index is 0.753. The van der Waals surface area contributed by atoms with Crippen molar-refractivity contribution in [3.63, 3.8) is 0 Å². The predicted octanol–water partition coefficient (Wildman–Crippen LogP) is 2.58. The summed E-state index contributed by atoms with van der Waals surface area (Å²) in [5, 5.41) is 3.49. The van der Waals surface area contributed by atoms with E-state index < -0.39 is 0 Å². The smallest absolute Gasteiger partial charge is 0.0270 e. The number of nitrogens with zero attached hydrogens (tertiary/aromatic N) is 2. The minimum Gasteiger partial charge on any atom is -0.316 e. The first-order valence-corrected chi connectivity index (χ1v) is 7.46. The summed E-state index contributed by atoms with van der Waals surface area (Å²) in [6, 6.07) is 4.20. The summed E-state index contributed by atoms with van der Waals surface area (Å²) in [7, 11) is 2.21. The van der Waals surface area contributed by atoms with Crippen molar-refractivity contribution in [1.82, 2.24) is 15.2 Å². The van der Waals surface area contributed by atoms with Crippen molar-refractivity contribution >= 4 is 0 Å². The number of nitrogens with one attached hydrogen (secondary N) is 1. The fourth-order valence-corrected chi connectivity index (χ4v) is 2.00. The number of hydrogen-bond donors (Lipinski definition) is 1. The van der Waals surface area contributed by atoms with Gasteiger partial charge >= 0.3 is 0 Å². The SMILES string of the molecule is CC(C)CNCCCCN(C)CCc1ccncc1. The second-order valence-corrected chi connectivity index (χ2v) is 5.71. The van der Waals surface area contributed by atoms with Gasteiger partial charge in [-0.05, 0) is 69.6 Å². The van der Waals surface area contributed by atoms with Crippen LogP contribution in [0.2, 0.25) is 0 Å². The van der Waals surface area contributed by atoms with E-state index in [1.165, 1.54) is 24.9 Å². The van der Waals surface area contributed by atoms with Crippen molar-refractivity contribution in [1.29, 1.82) is 0 Å². The molecule has 0 aromatic carbocycles. The van der Waals surface area contributed by atoms with Crippen molar-refractivity contribution < 1.29 is 0 Å². The first-order chi connectivity index (χ1) is 9.18. The Kier molecular flexibility index (Phi) is 8.43. The van der Waals surface area contributed by atoms with Crippen molar-refractivity contribution in [2.45, 2.75) is 33.1 Å². The third-order valence-electron chi connectivity index (χ3n) is 3.23. The molecule has 1 aromatic heterocycles. The Balaban J connectivity index is 1.98. The monoisotopic (exact) mass is 263 g/mol. The van der Waals surface area contributed by atoms with Gasteiger partial charge in [-0.2, -0.15) is 0 Å². The summed E-state index contributed by atoms with van der Waals surface area (Å²) >= 11 is 0. The van der Waals surface area contributed by atoms with Gasteiger partial charge in [-0.1, -0.05) is 13.8 Å². The van der Waals surface area contributed by atoms with Crippen molar-refractivity contribution in [3.05, 3.63) is 30.1 Å². The van der Waals surface area contributed by atoms with Gasteiger partial charge in [-0.15, -0.1) is 0 Å². The van der Waals surface area contributed by atoms with Gasteiger partial charge in [-0.3, -0.25) is 4.98 Å². The highest BCUT2D eigenvalue weighted by Gasteiger charge is 1.99. The number of rotatable bonds is 10. The molecule has 0 fully saturated rings. The van der Waals surface area contributed by atoms with Gasteiger partial charge in [0.05, 0.1) is 0 Å². The summed E-state index contributed by atoms with van der Waals surface area (Å²) in [6.07, 6.45) is 7.40. The highest BCUT2D eigenvalue weighted by molar-refractivity contribution is 5.09. The van der Waals surface area contributed by atoms with Gasteiger partial charge in [0.25, 0.3) is 0 Å². The van der Waals surface area contributed by atoms with E-state index in [1.807, 2.05) is 12.4 Å². The molecule has 0 aliphatic carbocycles. The van der Waals surface area contributed by atoms with Crippen LogP contribution < -0.4 is 5.32 Å². The Labute approximate surface area is 118 Å². The van der Waals surface area contributed by atoms with E-state index in [1.54, 1.807) is 0 Å². The molecule has 0 amide bonds. The maximum Gasteiger partial charge on any atom is 0.0270 e. The molecule has 1 rings (SSSR count). The Morgan fingerprint density at radius 1 is 1.16 bits per heavy atom. The second kappa shape index (κ2) is 9.93. The number of unbranched alkanes of at least 4 members (excludes halogenated alkanes) is 1. The van der Waals surface area contributed by atoms with Gasteiger partial charge in [0.15, 0.2) is 0 Å². The van der Waals surface area contributed by atoms with E-state index in [4.69, 9.17) is 0 Å². The van der Waals surface area contributed by atoms with Crippen molar-refractivity contribution in [2.24, 2.45) is 5.92 Å². The first-order valence-electron chi connectivity index (χ1n) is 7.46. The fourth-order valence-electron chi connectivity index (χ4n) is 2.00. The number of pyridine rings is 1. The zero-order valence-electron chi connectivity index (χ0n) is 12.7. The maximum absolute atomic E-state index is 4.04. The molecule has 0 aliphatic heterocycles. The van der Waals surface area contributed by atoms with Crippen LogP contribution in [-0.2, 0) is 6.42 Å². The molecule has 1 heterocycles. The summed E-state index contributed by atoms with van der Waals surface area (Å²) in [5.41, 5.74) is 1.38. The van der Waals surface area contributed by atoms with Crippen LogP contribution in [-0.4, -0.2) is 43.1 Å². The molecule has 0 radical (unpaired) electrons. The second-order valence-electron chi connectivity index (χ2n) is 5.71. The average Bonchev–Trinajstić information content (AvgIpc) is 2.41. The lowest BCUT2D eigenvalue weighted by atomic mass is 10.2. The van der Waals surface area contributed by atoms with E-state index in [0.717, 1.165) is 32.0 Å². The maximum atomic E-state index is 4.04. The topological polar surface area (TPSA) is 28.2 Å². The average molecular weight is 263 g/mol. The third-order valence-corrected chi connectivity index (χ3v) is 3.23. The minimum absolute atomic E-state index is 0.753. The first kappa shape index (κ1) is 16.1. The van der Waals surface area contributed by atoms with Crippen LogP contribution in [0.1, 0.15) is 32.3 Å². The third kappa shape index (κ3) is 8.73. The van der Waals surface area contributed by atoms with Crippen molar-refractivity contribution in [2.75, 3.05) is 33.2 Å². The molecule has 1 aromatic rings. The molecular formula is C16H29N3. The van der Waals surface area contributed by atoms with E-state index in [0.29, 0.717) is 0 Å². The molecule has 0 saturated heterocycles. The molecule has 0 saturated carbocycles. The molecule has 0 atom stereocenters. The molecule has 19 heavy (non-hydrogen) atoms. The van der Waals surface area contributed by atoms with Gasteiger partial charge in [0.1, 0.15) is 0 Å². The normalized spacial score (nSPS) is 11.4. The molecule has 0 bridgehead atoms. The Morgan fingerprint density at radius 2 is 1.89 bits per heavy atom. The van der Waals surface area contributed by atoms with Crippen LogP contribution >= 0.6 is 0 Å². The quantitative estimate of drug-likeness (QED) is 0.658. The Morgan fingerprint density at radius 3 is 2.58 bits per heavy atom. The standard InChI is InChI=1S/C16H29N3/c1-15(2)14-18-9-4-5-12-19(3)13-8-16-6-10-17-11-7-16/h6-7,10-11,15,18H,4-5,8-9,12-14H2,1-3H3. The van der Waals surface area contributed by atoms with Crippen LogP contribution in [0.3, 0.4) is 0 Å². The molecule has 0 unspecified atom stereocenters. The Bertz CT molecular complexity index is 311. The van der Waals surface area contributed by atoms with E-state index in [9.17, 15) is 0 Å².